The number of unbranched alkanes of at least 4 members (excludes halogenated alkanes) is 1. The molecule has 110 valence electrons. The van der Waals surface area contributed by atoms with Crippen LogP contribution in [0, 0.1) is 0 Å². The van der Waals surface area contributed by atoms with Crippen LogP contribution in [-0.4, -0.2) is 5.91 Å². The first kappa shape index (κ1) is 15.3. The lowest BCUT2D eigenvalue weighted by Gasteiger charge is -2.16. The molecule has 2 heteroatoms. The first-order valence-corrected chi connectivity index (χ1v) is 7.64. The van der Waals surface area contributed by atoms with E-state index in [1.54, 1.807) is 0 Å². The summed E-state index contributed by atoms with van der Waals surface area (Å²) in [6.45, 7) is 2.17. The number of hydrogen-bond donors (Lipinski definition) is 1. The number of carbonyl (C=O) groups is 1. The van der Waals surface area contributed by atoms with Gasteiger partial charge in [0.25, 0.3) is 0 Å². The van der Waals surface area contributed by atoms with Gasteiger partial charge in [0.2, 0.25) is 5.91 Å². The maximum atomic E-state index is 11.3. The second-order valence-corrected chi connectivity index (χ2v) is 5.50. The van der Waals surface area contributed by atoms with E-state index in [1.165, 1.54) is 16.7 Å². The molecule has 0 heterocycles. The molecule has 1 atom stereocenters. The molecule has 0 aliphatic rings. The predicted octanol–water partition coefficient (Wildman–Crippen LogP) is 4.50. The van der Waals surface area contributed by atoms with Crippen molar-refractivity contribution in [2.24, 2.45) is 5.73 Å². The number of rotatable bonds is 7. The zero-order valence-electron chi connectivity index (χ0n) is 12.6. The number of benzene rings is 2. The average molecular weight is 281 g/mol. The van der Waals surface area contributed by atoms with Crippen molar-refractivity contribution in [2.75, 3.05) is 0 Å². The quantitative estimate of drug-likeness (QED) is 0.797. The highest BCUT2D eigenvalue weighted by Crippen LogP contribution is 2.28. The molecule has 0 spiro atoms. The van der Waals surface area contributed by atoms with E-state index in [-0.39, 0.29) is 11.8 Å². The zero-order chi connectivity index (χ0) is 15.1. The van der Waals surface area contributed by atoms with Crippen molar-refractivity contribution in [3.63, 3.8) is 0 Å². The maximum absolute atomic E-state index is 11.3. The van der Waals surface area contributed by atoms with Crippen LogP contribution in [0.4, 0.5) is 0 Å². The van der Waals surface area contributed by atoms with E-state index in [1.807, 2.05) is 18.2 Å². The van der Waals surface area contributed by atoms with Crippen LogP contribution in [0.3, 0.4) is 0 Å². The number of primary amides is 1. The summed E-state index contributed by atoms with van der Waals surface area (Å²) in [5.41, 5.74) is 9.01. The normalized spacial score (nSPS) is 12.0. The van der Waals surface area contributed by atoms with E-state index in [9.17, 15) is 4.79 Å². The molecule has 0 aromatic heterocycles. The molecule has 2 nitrogen and oxygen atoms in total. The minimum Gasteiger partial charge on any atom is -0.370 e. The molecule has 1 unspecified atom stereocenters. The Labute approximate surface area is 127 Å². The van der Waals surface area contributed by atoms with Gasteiger partial charge in [0, 0.05) is 6.42 Å². The lowest BCUT2D eigenvalue weighted by atomic mass is 9.89. The van der Waals surface area contributed by atoms with Crippen molar-refractivity contribution in [2.45, 2.75) is 38.5 Å². The summed E-state index contributed by atoms with van der Waals surface area (Å²) in [6.07, 6.45) is 3.71. The second kappa shape index (κ2) is 7.63. The van der Waals surface area contributed by atoms with Gasteiger partial charge in [0.15, 0.2) is 0 Å². The van der Waals surface area contributed by atoms with Crippen molar-refractivity contribution >= 4 is 5.91 Å². The molecular weight excluding hydrogens is 258 g/mol. The zero-order valence-corrected chi connectivity index (χ0v) is 12.6. The molecule has 0 saturated heterocycles. The Bertz CT molecular complexity index is 560. The molecular formula is C19H23NO. The molecule has 2 rings (SSSR count). The number of hydrogen-bond acceptors (Lipinski definition) is 1. The molecule has 1 amide bonds. The van der Waals surface area contributed by atoms with Crippen LogP contribution in [0.2, 0.25) is 0 Å². The summed E-state index contributed by atoms with van der Waals surface area (Å²) < 4.78 is 0. The van der Waals surface area contributed by atoms with Crippen molar-refractivity contribution in [1.29, 1.82) is 0 Å². The Hall–Kier alpha value is -2.09. The van der Waals surface area contributed by atoms with Crippen LogP contribution in [0.15, 0.2) is 54.6 Å². The SMILES string of the molecule is CCCCC(CC(N)=O)c1ccc(-c2ccccc2)cc1. The van der Waals surface area contributed by atoms with Gasteiger partial charge >= 0.3 is 0 Å². The third-order valence-electron chi connectivity index (χ3n) is 3.84. The third-order valence-corrected chi connectivity index (χ3v) is 3.84. The minimum atomic E-state index is -0.219. The van der Waals surface area contributed by atoms with Gasteiger partial charge in [-0.25, -0.2) is 0 Å². The van der Waals surface area contributed by atoms with E-state index in [4.69, 9.17) is 5.73 Å². The number of amides is 1. The lowest BCUT2D eigenvalue weighted by Crippen LogP contribution is -2.15. The Balaban J connectivity index is 2.16. The molecule has 0 aliphatic heterocycles. The van der Waals surface area contributed by atoms with Gasteiger partial charge in [0.05, 0.1) is 0 Å². The summed E-state index contributed by atoms with van der Waals surface area (Å²) in [7, 11) is 0. The molecule has 0 aliphatic carbocycles. The summed E-state index contributed by atoms with van der Waals surface area (Å²) in [5, 5.41) is 0. The van der Waals surface area contributed by atoms with E-state index < -0.39 is 0 Å². The van der Waals surface area contributed by atoms with Crippen LogP contribution in [0.5, 0.6) is 0 Å². The van der Waals surface area contributed by atoms with Crippen LogP contribution < -0.4 is 5.73 Å². The first-order chi connectivity index (χ1) is 10.2. The van der Waals surface area contributed by atoms with Crippen molar-refractivity contribution in [3.8, 4) is 11.1 Å². The highest BCUT2D eigenvalue weighted by Gasteiger charge is 2.14. The number of nitrogens with two attached hydrogens (primary N) is 1. The molecule has 21 heavy (non-hydrogen) atoms. The van der Waals surface area contributed by atoms with Gasteiger partial charge in [-0.05, 0) is 29.0 Å². The van der Waals surface area contributed by atoms with Gasteiger partial charge in [-0.3, -0.25) is 4.79 Å². The molecule has 0 bridgehead atoms. The monoisotopic (exact) mass is 281 g/mol. The lowest BCUT2D eigenvalue weighted by molar-refractivity contribution is -0.118. The second-order valence-electron chi connectivity index (χ2n) is 5.50. The minimum absolute atomic E-state index is 0.219. The smallest absolute Gasteiger partial charge is 0.218 e. The molecule has 2 N–H and O–H groups in total. The van der Waals surface area contributed by atoms with E-state index in [0.29, 0.717) is 6.42 Å². The molecule has 0 saturated carbocycles. The van der Waals surface area contributed by atoms with Crippen molar-refractivity contribution < 1.29 is 4.79 Å². The maximum Gasteiger partial charge on any atom is 0.218 e. The fourth-order valence-corrected chi connectivity index (χ4v) is 2.66. The highest BCUT2D eigenvalue weighted by atomic mass is 16.1. The summed E-state index contributed by atoms with van der Waals surface area (Å²) >= 11 is 0. The summed E-state index contributed by atoms with van der Waals surface area (Å²) in [5.74, 6) is 0.0236. The van der Waals surface area contributed by atoms with Gasteiger partial charge in [-0.15, -0.1) is 0 Å². The Kier molecular flexibility index (Phi) is 5.56. The van der Waals surface area contributed by atoms with Crippen LogP contribution in [-0.2, 0) is 4.79 Å². The van der Waals surface area contributed by atoms with Crippen molar-refractivity contribution in [1.82, 2.24) is 0 Å². The third kappa shape index (κ3) is 4.45. The van der Waals surface area contributed by atoms with E-state index >= 15 is 0 Å². The molecule has 0 radical (unpaired) electrons. The average Bonchev–Trinajstić information content (AvgIpc) is 2.52. The first-order valence-electron chi connectivity index (χ1n) is 7.64. The fourth-order valence-electron chi connectivity index (χ4n) is 2.66. The predicted molar refractivity (Wildman–Crippen MR) is 88.0 cm³/mol. The van der Waals surface area contributed by atoms with Crippen LogP contribution >= 0.6 is 0 Å². The van der Waals surface area contributed by atoms with Gasteiger partial charge in [-0.2, -0.15) is 0 Å². The summed E-state index contributed by atoms with van der Waals surface area (Å²) in [6, 6.07) is 18.8. The Morgan fingerprint density at radius 1 is 1.00 bits per heavy atom. The Morgan fingerprint density at radius 2 is 1.62 bits per heavy atom. The van der Waals surface area contributed by atoms with Gasteiger partial charge in [-0.1, -0.05) is 74.4 Å². The van der Waals surface area contributed by atoms with Gasteiger partial charge < -0.3 is 5.73 Å². The number of carbonyl (C=O) groups excluding carboxylic acids is 1. The topological polar surface area (TPSA) is 43.1 Å². The standard InChI is InChI=1S/C19H23NO/c1-2-3-7-18(14-19(20)21)17-12-10-16(11-13-17)15-8-5-4-6-9-15/h4-6,8-13,18H,2-3,7,14H2,1H3,(H2,20,21). The largest absolute Gasteiger partial charge is 0.370 e. The van der Waals surface area contributed by atoms with Crippen molar-refractivity contribution in [3.05, 3.63) is 60.2 Å². The van der Waals surface area contributed by atoms with Crippen LogP contribution in [0.25, 0.3) is 11.1 Å². The highest BCUT2D eigenvalue weighted by molar-refractivity contribution is 5.75. The summed E-state index contributed by atoms with van der Waals surface area (Å²) in [4.78, 5) is 11.3. The Morgan fingerprint density at radius 3 is 2.19 bits per heavy atom. The van der Waals surface area contributed by atoms with Gasteiger partial charge in [0.1, 0.15) is 0 Å². The molecule has 2 aromatic carbocycles. The van der Waals surface area contributed by atoms with Crippen LogP contribution in [0.1, 0.15) is 44.1 Å². The van der Waals surface area contributed by atoms with E-state index in [2.05, 4.69) is 43.3 Å². The fraction of sp³-hybridized carbons (Fsp3) is 0.316. The molecule has 0 fully saturated rings. The van der Waals surface area contributed by atoms with E-state index in [0.717, 1.165) is 19.3 Å². The molecule has 2 aromatic rings.